The van der Waals surface area contributed by atoms with Gasteiger partial charge in [-0.15, -0.1) is 0 Å². The number of rotatable bonds is 5. The van der Waals surface area contributed by atoms with E-state index >= 15 is 0 Å². The molecule has 2 aliphatic rings. The van der Waals surface area contributed by atoms with Crippen molar-refractivity contribution in [2.24, 2.45) is 0 Å². The van der Waals surface area contributed by atoms with Crippen molar-refractivity contribution in [2.45, 2.75) is 5.41 Å². The first-order valence-electron chi connectivity index (χ1n) is 22.5. The van der Waals surface area contributed by atoms with E-state index in [1.165, 1.54) is 71.6 Å². The fourth-order valence-electron chi connectivity index (χ4n) is 11.4. The van der Waals surface area contributed by atoms with E-state index in [9.17, 15) is 0 Å². The second-order valence-corrected chi connectivity index (χ2v) is 17.6. The van der Waals surface area contributed by atoms with Crippen LogP contribution in [-0.4, -0.2) is 0 Å². The highest BCUT2D eigenvalue weighted by molar-refractivity contribution is 6.14. The number of nitrogens with zero attached hydrogens (tertiary/aromatic N) is 1. The number of hydrogen-bond acceptors (Lipinski definition) is 2. The number of anilines is 3. The molecule has 14 rings (SSSR count). The van der Waals surface area contributed by atoms with Gasteiger partial charge in [0.05, 0.1) is 11.1 Å². The Kier molecular flexibility index (Phi) is 7.64. The van der Waals surface area contributed by atoms with E-state index < -0.39 is 5.41 Å². The molecule has 0 radical (unpaired) electrons. The van der Waals surface area contributed by atoms with Gasteiger partial charge in [-0.2, -0.15) is 0 Å². The summed E-state index contributed by atoms with van der Waals surface area (Å²) in [6.07, 6.45) is 0. The topological polar surface area (TPSA) is 16.4 Å². The summed E-state index contributed by atoms with van der Waals surface area (Å²) in [6.45, 7) is 0. The number of benzene rings is 11. The maximum atomic E-state index is 6.91. The third-order valence-electron chi connectivity index (χ3n) is 14.2. The van der Waals surface area contributed by atoms with Crippen LogP contribution in [0.4, 0.5) is 17.1 Å². The van der Waals surface area contributed by atoms with Crippen molar-refractivity contribution in [3.8, 4) is 44.5 Å². The number of para-hydroxylation sites is 2. The van der Waals surface area contributed by atoms with Gasteiger partial charge in [-0.3, -0.25) is 0 Å². The highest BCUT2D eigenvalue weighted by atomic mass is 16.3. The van der Waals surface area contributed by atoms with Crippen LogP contribution >= 0.6 is 0 Å². The molecule has 2 aliphatic carbocycles. The van der Waals surface area contributed by atoms with Crippen LogP contribution in [0, 0.1) is 0 Å². The summed E-state index contributed by atoms with van der Waals surface area (Å²) < 4.78 is 6.91. The van der Waals surface area contributed by atoms with Gasteiger partial charge < -0.3 is 9.32 Å². The molecule has 1 heterocycles. The zero-order chi connectivity index (χ0) is 42.6. The average molecular weight is 826 g/mol. The van der Waals surface area contributed by atoms with Gasteiger partial charge in [-0.1, -0.05) is 188 Å². The molecular formula is C63H39NO. The fourth-order valence-corrected chi connectivity index (χ4v) is 11.4. The molecular weight excluding hydrogens is 787 g/mol. The molecule has 0 aliphatic heterocycles. The lowest BCUT2D eigenvalue weighted by molar-refractivity contribution is 0.670. The SMILES string of the molecule is c1cc(-c2ccc3ccccc3c2)cc(N(c2ccc3c(c2)C2(c4ccccc4-c4ccccc42)c2ccccc2-3)c2ccccc2-c2cccc3c2oc2cc4ccccc4cc23)c1. The van der Waals surface area contributed by atoms with Gasteiger partial charge >= 0.3 is 0 Å². The molecule has 0 fully saturated rings. The summed E-state index contributed by atoms with van der Waals surface area (Å²) in [4.78, 5) is 2.47. The van der Waals surface area contributed by atoms with Crippen LogP contribution in [0.3, 0.4) is 0 Å². The molecule has 0 bridgehead atoms. The van der Waals surface area contributed by atoms with E-state index in [4.69, 9.17) is 4.42 Å². The third-order valence-corrected chi connectivity index (χ3v) is 14.2. The van der Waals surface area contributed by atoms with Crippen LogP contribution in [0.15, 0.2) is 241 Å². The second kappa shape index (κ2) is 13.8. The van der Waals surface area contributed by atoms with Gasteiger partial charge in [0, 0.05) is 33.3 Å². The molecule has 0 atom stereocenters. The van der Waals surface area contributed by atoms with E-state index in [0.717, 1.165) is 55.7 Å². The number of fused-ring (bicyclic) bond motifs is 15. The van der Waals surface area contributed by atoms with Gasteiger partial charge in [0.15, 0.2) is 0 Å². The minimum atomic E-state index is -0.476. The highest BCUT2D eigenvalue weighted by Crippen LogP contribution is 2.63. The van der Waals surface area contributed by atoms with Crippen molar-refractivity contribution in [1.29, 1.82) is 0 Å². The fraction of sp³-hybridized carbons (Fsp3) is 0.0159. The molecule has 0 amide bonds. The standard InChI is InChI=1S/C63H39NO/c1-2-16-41-35-45(32-31-40(41)15-1)42-19-13-20-46(36-42)64(60-30-12-8-24-52(60)53-25-14-26-54-55-37-43-17-3-4-18-44(43)38-61(55)65-62(53)54)47-33-34-51-50-23-7-11-29-58(50)63(59(51)39-47)56-27-9-5-21-48(56)49-22-6-10-28-57(49)63/h1-39H. The predicted molar refractivity (Wildman–Crippen MR) is 271 cm³/mol. The maximum Gasteiger partial charge on any atom is 0.143 e. The van der Waals surface area contributed by atoms with Crippen molar-refractivity contribution in [3.05, 3.63) is 259 Å². The van der Waals surface area contributed by atoms with E-state index in [1.54, 1.807) is 0 Å². The molecule has 65 heavy (non-hydrogen) atoms. The van der Waals surface area contributed by atoms with Crippen LogP contribution in [-0.2, 0) is 5.41 Å². The Morgan fingerprint density at radius 1 is 0.308 bits per heavy atom. The lowest BCUT2D eigenvalue weighted by atomic mass is 9.70. The lowest BCUT2D eigenvalue weighted by Crippen LogP contribution is -2.26. The van der Waals surface area contributed by atoms with Crippen LogP contribution in [0.25, 0.3) is 88.0 Å². The minimum Gasteiger partial charge on any atom is -0.455 e. The first-order valence-corrected chi connectivity index (χ1v) is 22.5. The Hall–Kier alpha value is -8.46. The average Bonchev–Trinajstić information content (AvgIpc) is 3.99. The van der Waals surface area contributed by atoms with Gasteiger partial charge in [0.25, 0.3) is 0 Å². The van der Waals surface area contributed by atoms with Crippen molar-refractivity contribution in [1.82, 2.24) is 0 Å². The van der Waals surface area contributed by atoms with Crippen LogP contribution in [0.2, 0.25) is 0 Å². The Morgan fingerprint density at radius 3 is 1.57 bits per heavy atom. The Bertz CT molecular complexity index is 3860. The summed E-state index contributed by atoms with van der Waals surface area (Å²) in [6, 6.07) is 87.2. The zero-order valence-corrected chi connectivity index (χ0v) is 35.4. The molecule has 0 saturated carbocycles. The van der Waals surface area contributed by atoms with E-state index in [-0.39, 0.29) is 0 Å². The third kappa shape index (κ3) is 5.17. The molecule has 0 unspecified atom stereocenters. The van der Waals surface area contributed by atoms with Crippen LogP contribution in [0.1, 0.15) is 22.3 Å². The first kappa shape index (κ1) is 36.1. The molecule has 302 valence electrons. The maximum absolute atomic E-state index is 6.91. The molecule has 11 aromatic carbocycles. The largest absolute Gasteiger partial charge is 0.455 e. The summed E-state index contributed by atoms with van der Waals surface area (Å²) in [5, 5.41) is 7.07. The summed E-state index contributed by atoms with van der Waals surface area (Å²) >= 11 is 0. The molecule has 0 N–H and O–H groups in total. The predicted octanol–water partition coefficient (Wildman–Crippen LogP) is 17.0. The minimum absolute atomic E-state index is 0.476. The second-order valence-electron chi connectivity index (χ2n) is 17.6. The number of hydrogen-bond donors (Lipinski definition) is 0. The molecule has 1 spiro atoms. The van der Waals surface area contributed by atoms with Crippen LogP contribution in [0.5, 0.6) is 0 Å². The Labute approximate surface area is 376 Å². The Balaban J connectivity index is 1.03. The van der Waals surface area contributed by atoms with Gasteiger partial charge in [-0.25, -0.2) is 0 Å². The quantitative estimate of drug-likeness (QED) is 0.172. The van der Waals surface area contributed by atoms with E-state index in [1.807, 2.05) is 0 Å². The molecule has 2 nitrogen and oxygen atoms in total. The summed E-state index contributed by atoms with van der Waals surface area (Å²) in [7, 11) is 0. The first-order chi connectivity index (χ1) is 32.2. The van der Waals surface area contributed by atoms with Gasteiger partial charge in [0.1, 0.15) is 11.2 Å². The van der Waals surface area contributed by atoms with Gasteiger partial charge in [0.2, 0.25) is 0 Å². The number of furan rings is 1. The zero-order valence-electron chi connectivity index (χ0n) is 35.4. The Morgan fingerprint density at radius 2 is 0.846 bits per heavy atom. The van der Waals surface area contributed by atoms with Crippen molar-refractivity contribution < 1.29 is 4.42 Å². The van der Waals surface area contributed by atoms with Gasteiger partial charge in [-0.05, 0) is 126 Å². The van der Waals surface area contributed by atoms with E-state index in [2.05, 4.69) is 241 Å². The summed E-state index contributed by atoms with van der Waals surface area (Å²) in [5.74, 6) is 0. The van der Waals surface area contributed by atoms with Crippen LogP contribution < -0.4 is 4.90 Å². The van der Waals surface area contributed by atoms with Crippen molar-refractivity contribution >= 4 is 60.5 Å². The molecule has 2 heteroatoms. The lowest BCUT2D eigenvalue weighted by Gasteiger charge is -2.33. The highest BCUT2D eigenvalue weighted by Gasteiger charge is 2.51. The van der Waals surface area contributed by atoms with E-state index in [0.29, 0.717) is 0 Å². The van der Waals surface area contributed by atoms with Crippen molar-refractivity contribution in [2.75, 3.05) is 4.90 Å². The molecule has 1 aromatic heterocycles. The monoisotopic (exact) mass is 825 g/mol. The molecule has 0 saturated heterocycles. The smallest absolute Gasteiger partial charge is 0.143 e. The normalized spacial score (nSPS) is 13.0. The summed E-state index contributed by atoms with van der Waals surface area (Å²) in [5.41, 5.74) is 19.5. The molecule has 12 aromatic rings. The van der Waals surface area contributed by atoms with Crippen molar-refractivity contribution in [3.63, 3.8) is 0 Å².